The van der Waals surface area contributed by atoms with Crippen molar-refractivity contribution >= 4 is 22.8 Å². The number of hydrogen-bond donors (Lipinski definition) is 0. The number of nitrogens with zero attached hydrogens (tertiary/aromatic N) is 4. The van der Waals surface area contributed by atoms with Crippen molar-refractivity contribution in [2.75, 3.05) is 19.6 Å². The fraction of sp³-hybridized carbons (Fsp3) is 0.667. The molecule has 6 nitrogen and oxygen atoms in total. The molecular weight excluding hydrogens is 412 g/mol. The second-order valence-corrected chi connectivity index (χ2v) is 10.9. The van der Waals surface area contributed by atoms with Crippen molar-refractivity contribution in [1.82, 2.24) is 19.4 Å². The molecule has 1 aliphatic heterocycles. The van der Waals surface area contributed by atoms with Crippen LogP contribution in [0.4, 0.5) is 0 Å². The summed E-state index contributed by atoms with van der Waals surface area (Å²) in [5, 5.41) is 0. The van der Waals surface area contributed by atoms with Gasteiger partial charge in [0.15, 0.2) is 0 Å². The van der Waals surface area contributed by atoms with Crippen molar-refractivity contribution < 1.29 is 9.59 Å². The molecule has 1 aromatic heterocycles. The van der Waals surface area contributed by atoms with Gasteiger partial charge in [0, 0.05) is 38.0 Å². The van der Waals surface area contributed by atoms with Crippen LogP contribution in [0.5, 0.6) is 0 Å². The molecule has 0 spiro atoms. The Morgan fingerprint density at radius 3 is 2.39 bits per heavy atom. The molecule has 2 amide bonds. The van der Waals surface area contributed by atoms with Gasteiger partial charge in [-0.15, -0.1) is 0 Å². The first-order valence-electron chi connectivity index (χ1n) is 12.9. The largest absolute Gasteiger partial charge is 0.341 e. The highest BCUT2D eigenvalue weighted by Crippen LogP contribution is 2.34. The van der Waals surface area contributed by atoms with Crippen molar-refractivity contribution in [3.05, 3.63) is 30.1 Å². The monoisotopic (exact) mass is 452 g/mol. The van der Waals surface area contributed by atoms with Gasteiger partial charge >= 0.3 is 0 Å². The molecule has 2 aliphatic rings. The number of likely N-dealkylation sites (tertiary alicyclic amines) is 1. The average molecular weight is 453 g/mol. The molecule has 1 aliphatic carbocycles. The van der Waals surface area contributed by atoms with Crippen LogP contribution < -0.4 is 0 Å². The summed E-state index contributed by atoms with van der Waals surface area (Å²) < 4.78 is 2.09. The number of rotatable bonds is 8. The number of carbonyl (C=O) groups excluding carboxylic acids is 2. The maximum absolute atomic E-state index is 13.5. The molecule has 1 saturated heterocycles. The van der Waals surface area contributed by atoms with E-state index in [1.807, 2.05) is 29.2 Å². The molecule has 2 fully saturated rings. The van der Waals surface area contributed by atoms with Crippen LogP contribution in [0.25, 0.3) is 11.0 Å². The van der Waals surface area contributed by atoms with E-state index in [1.54, 1.807) is 0 Å². The Morgan fingerprint density at radius 1 is 1.06 bits per heavy atom. The highest BCUT2D eigenvalue weighted by Gasteiger charge is 2.38. The Kier molecular flexibility index (Phi) is 7.40. The number of imidazole rings is 1. The van der Waals surface area contributed by atoms with Gasteiger partial charge in [-0.05, 0) is 36.8 Å². The van der Waals surface area contributed by atoms with Gasteiger partial charge in [-0.2, -0.15) is 0 Å². The molecule has 33 heavy (non-hydrogen) atoms. The Labute approximate surface area is 198 Å². The molecule has 6 heteroatoms. The number of fused-ring (bicyclic) bond motifs is 1. The van der Waals surface area contributed by atoms with Crippen LogP contribution in [0.3, 0.4) is 0 Å². The lowest BCUT2D eigenvalue weighted by Gasteiger charge is -2.31. The average Bonchev–Trinajstić information content (AvgIpc) is 3.34. The molecule has 1 unspecified atom stereocenters. The van der Waals surface area contributed by atoms with Crippen molar-refractivity contribution in [3.8, 4) is 0 Å². The number of amides is 2. The Hall–Kier alpha value is -2.37. The van der Waals surface area contributed by atoms with Gasteiger partial charge < -0.3 is 14.4 Å². The SMILES string of the molecule is CC(C)CN(CC(C)C)C(=O)Cn1c(C2CC(=O)N(C3CCCCC3)C2)nc2ccccc21. The van der Waals surface area contributed by atoms with Gasteiger partial charge in [-0.3, -0.25) is 9.59 Å². The third kappa shape index (κ3) is 5.42. The van der Waals surface area contributed by atoms with E-state index in [-0.39, 0.29) is 24.3 Å². The molecular formula is C27H40N4O2. The van der Waals surface area contributed by atoms with E-state index in [0.29, 0.717) is 24.3 Å². The molecule has 1 atom stereocenters. The molecule has 1 aromatic carbocycles. The molecule has 180 valence electrons. The fourth-order valence-corrected chi connectivity index (χ4v) is 5.62. The summed E-state index contributed by atoms with van der Waals surface area (Å²) >= 11 is 0. The lowest BCUT2D eigenvalue weighted by Crippen LogP contribution is -2.39. The van der Waals surface area contributed by atoms with E-state index in [2.05, 4.69) is 37.2 Å². The van der Waals surface area contributed by atoms with Gasteiger partial charge in [0.1, 0.15) is 12.4 Å². The minimum Gasteiger partial charge on any atom is -0.341 e. The number of aromatic nitrogens is 2. The maximum atomic E-state index is 13.5. The van der Waals surface area contributed by atoms with Crippen LogP contribution in [0.1, 0.15) is 78.0 Å². The van der Waals surface area contributed by atoms with Crippen LogP contribution in [0, 0.1) is 11.8 Å². The number of para-hydroxylation sites is 2. The lowest BCUT2D eigenvalue weighted by molar-refractivity contribution is -0.133. The lowest BCUT2D eigenvalue weighted by atomic mass is 9.94. The van der Waals surface area contributed by atoms with E-state index in [0.717, 1.165) is 49.3 Å². The minimum absolute atomic E-state index is 0.0447. The molecule has 0 N–H and O–H groups in total. The van der Waals surface area contributed by atoms with Crippen LogP contribution >= 0.6 is 0 Å². The van der Waals surface area contributed by atoms with Gasteiger partial charge in [-0.1, -0.05) is 59.1 Å². The zero-order valence-electron chi connectivity index (χ0n) is 20.8. The van der Waals surface area contributed by atoms with Crippen molar-refractivity contribution in [3.63, 3.8) is 0 Å². The summed E-state index contributed by atoms with van der Waals surface area (Å²) in [5.41, 5.74) is 1.89. The summed E-state index contributed by atoms with van der Waals surface area (Å²) in [6.45, 7) is 11.1. The van der Waals surface area contributed by atoms with Gasteiger partial charge in [0.2, 0.25) is 11.8 Å². The molecule has 0 radical (unpaired) electrons. The topological polar surface area (TPSA) is 58.4 Å². The smallest absolute Gasteiger partial charge is 0.242 e. The fourth-order valence-electron chi connectivity index (χ4n) is 5.62. The van der Waals surface area contributed by atoms with Crippen LogP contribution in [0.2, 0.25) is 0 Å². The van der Waals surface area contributed by atoms with Crippen molar-refractivity contribution in [2.45, 2.75) is 84.7 Å². The molecule has 2 heterocycles. The summed E-state index contributed by atoms with van der Waals surface area (Å²) in [6.07, 6.45) is 6.44. The normalized spacial score (nSPS) is 19.9. The van der Waals surface area contributed by atoms with Crippen molar-refractivity contribution in [2.24, 2.45) is 11.8 Å². The van der Waals surface area contributed by atoms with Crippen molar-refractivity contribution in [1.29, 1.82) is 0 Å². The summed E-state index contributed by atoms with van der Waals surface area (Å²) in [6, 6.07) is 8.43. The number of hydrogen-bond acceptors (Lipinski definition) is 3. The molecule has 1 saturated carbocycles. The zero-order chi connectivity index (χ0) is 23.5. The number of carbonyl (C=O) groups is 2. The van der Waals surface area contributed by atoms with Crippen LogP contribution in [-0.2, 0) is 16.1 Å². The second kappa shape index (κ2) is 10.3. The standard InChI is InChI=1S/C27H40N4O2/c1-19(2)15-29(16-20(3)4)26(33)18-31-24-13-9-8-12-23(24)28-27(31)21-14-25(32)30(17-21)22-10-6-5-7-11-22/h8-9,12-13,19-22H,5-7,10-11,14-18H2,1-4H3. The maximum Gasteiger partial charge on any atom is 0.242 e. The predicted molar refractivity (Wildman–Crippen MR) is 132 cm³/mol. The third-order valence-corrected chi connectivity index (χ3v) is 7.04. The molecule has 0 bridgehead atoms. The first-order chi connectivity index (χ1) is 15.8. The highest BCUT2D eigenvalue weighted by molar-refractivity contribution is 5.83. The van der Waals surface area contributed by atoms with E-state index >= 15 is 0 Å². The van der Waals surface area contributed by atoms with E-state index in [9.17, 15) is 9.59 Å². The minimum atomic E-state index is 0.0447. The first-order valence-corrected chi connectivity index (χ1v) is 12.9. The van der Waals surface area contributed by atoms with E-state index < -0.39 is 0 Å². The summed E-state index contributed by atoms with van der Waals surface area (Å²) in [7, 11) is 0. The van der Waals surface area contributed by atoms with Crippen LogP contribution in [-0.4, -0.2) is 56.8 Å². The molecule has 2 aromatic rings. The first kappa shape index (κ1) is 23.8. The summed E-state index contributed by atoms with van der Waals surface area (Å²) in [4.78, 5) is 35.5. The summed E-state index contributed by atoms with van der Waals surface area (Å²) in [5.74, 6) is 2.16. The Morgan fingerprint density at radius 2 is 1.73 bits per heavy atom. The second-order valence-electron chi connectivity index (χ2n) is 10.9. The predicted octanol–water partition coefficient (Wildman–Crippen LogP) is 4.83. The van der Waals surface area contributed by atoms with Crippen LogP contribution in [0.15, 0.2) is 24.3 Å². The zero-order valence-corrected chi connectivity index (χ0v) is 20.8. The van der Waals surface area contributed by atoms with Gasteiger partial charge in [-0.25, -0.2) is 4.98 Å². The number of benzene rings is 1. The Balaban J connectivity index is 1.61. The molecule has 4 rings (SSSR count). The Bertz CT molecular complexity index is 964. The highest BCUT2D eigenvalue weighted by atomic mass is 16.2. The third-order valence-electron chi connectivity index (χ3n) is 7.04. The van der Waals surface area contributed by atoms with E-state index in [1.165, 1.54) is 19.3 Å². The quantitative estimate of drug-likeness (QED) is 0.577. The van der Waals surface area contributed by atoms with Gasteiger partial charge in [0.25, 0.3) is 0 Å². The van der Waals surface area contributed by atoms with Gasteiger partial charge in [0.05, 0.1) is 11.0 Å². The van der Waals surface area contributed by atoms with E-state index in [4.69, 9.17) is 4.98 Å².